The van der Waals surface area contributed by atoms with E-state index >= 15 is 0 Å². The summed E-state index contributed by atoms with van der Waals surface area (Å²) in [7, 11) is 0. The van der Waals surface area contributed by atoms with E-state index < -0.39 is 0 Å². The van der Waals surface area contributed by atoms with Gasteiger partial charge in [0.15, 0.2) is 0 Å². The molecule has 4 nitrogen and oxygen atoms in total. The first-order valence-electron chi connectivity index (χ1n) is 6.30. The second-order valence-electron chi connectivity index (χ2n) is 4.41. The zero-order chi connectivity index (χ0) is 14.4. The van der Waals surface area contributed by atoms with Crippen molar-refractivity contribution in [2.75, 3.05) is 0 Å². The molecule has 0 fully saturated rings. The van der Waals surface area contributed by atoms with Crippen LogP contribution in [-0.2, 0) is 11.5 Å². The molecule has 0 saturated heterocycles. The molecule has 3 N–H and O–H groups in total. The molecule has 0 aliphatic rings. The highest BCUT2D eigenvalue weighted by Crippen LogP contribution is 2.19. The van der Waals surface area contributed by atoms with Crippen LogP contribution in [0.1, 0.15) is 27.3 Å². The summed E-state index contributed by atoms with van der Waals surface area (Å²) in [5.74, 6) is 6.43. The number of aryl methyl sites for hydroxylation is 1. The van der Waals surface area contributed by atoms with Gasteiger partial charge in [-0.1, -0.05) is 30.3 Å². The standard InChI is InChI=1S/C15H17N3OS/c1-11-5-2-3-6-12(11)9-20-10-13-7-4-8-14(17-13)15(19)18-16/h2-8H,9-10,16H2,1H3,(H,18,19). The van der Waals surface area contributed by atoms with E-state index in [2.05, 4.69) is 29.5 Å². The molecular formula is C15H17N3OS. The number of pyridine rings is 1. The zero-order valence-corrected chi connectivity index (χ0v) is 12.1. The summed E-state index contributed by atoms with van der Waals surface area (Å²) in [6.07, 6.45) is 0. The van der Waals surface area contributed by atoms with Crippen LogP contribution in [0, 0.1) is 6.92 Å². The van der Waals surface area contributed by atoms with Gasteiger partial charge in [0.2, 0.25) is 0 Å². The van der Waals surface area contributed by atoms with Crippen LogP contribution >= 0.6 is 11.8 Å². The van der Waals surface area contributed by atoms with Gasteiger partial charge in [-0.3, -0.25) is 10.2 Å². The molecule has 104 valence electrons. The molecule has 0 bridgehead atoms. The monoisotopic (exact) mass is 287 g/mol. The van der Waals surface area contributed by atoms with Crippen LogP contribution in [0.4, 0.5) is 0 Å². The average Bonchev–Trinajstić information content (AvgIpc) is 2.49. The molecule has 20 heavy (non-hydrogen) atoms. The predicted octanol–water partition coefficient (Wildman–Crippen LogP) is 2.43. The van der Waals surface area contributed by atoms with Crippen molar-refractivity contribution in [3.05, 3.63) is 65.0 Å². The molecule has 0 radical (unpaired) electrons. The van der Waals surface area contributed by atoms with Crippen LogP contribution in [0.25, 0.3) is 0 Å². The van der Waals surface area contributed by atoms with E-state index in [9.17, 15) is 4.79 Å². The molecule has 0 saturated carbocycles. The number of rotatable bonds is 5. The van der Waals surface area contributed by atoms with Crippen LogP contribution in [0.3, 0.4) is 0 Å². The van der Waals surface area contributed by atoms with Gasteiger partial charge in [-0.25, -0.2) is 10.8 Å². The summed E-state index contributed by atoms with van der Waals surface area (Å²) in [6.45, 7) is 2.11. The quantitative estimate of drug-likeness (QED) is 0.503. The maximum Gasteiger partial charge on any atom is 0.283 e. The molecule has 0 unspecified atom stereocenters. The number of nitrogens with one attached hydrogen (secondary N) is 1. The van der Waals surface area contributed by atoms with Crippen molar-refractivity contribution in [3.63, 3.8) is 0 Å². The molecule has 0 spiro atoms. The van der Waals surface area contributed by atoms with Crippen molar-refractivity contribution in [2.45, 2.75) is 18.4 Å². The molecule has 1 amide bonds. The summed E-state index contributed by atoms with van der Waals surface area (Å²) in [5.41, 5.74) is 5.94. The highest BCUT2D eigenvalue weighted by molar-refractivity contribution is 7.97. The van der Waals surface area contributed by atoms with Crippen LogP contribution < -0.4 is 11.3 Å². The van der Waals surface area contributed by atoms with Crippen molar-refractivity contribution >= 4 is 17.7 Å². The van der Waals surface area contributed by atoms with E-state index in [4.69, 9.17) is 5.84 Å². The summed E-state index contributed by atoms with van der Waals surface area (Å²) in [6, 6.07) is 13.7. The lowest BCUT2D eigenvalue weighted by Gasteiger charge is -2.06. The van der Waals surface area contributed by atoms with Gasteiger partial charge in [-0.05, 0) is 30.2 Å². The fourth-order valence-electron chi connectivity index (χ4n) is 1.80. The minimum absolute atomic E-state index is 0.349. The number of aromatic nitrogens is 1. The summed E-state index contributed by atoms with van der Waals surface area (Å²) in [5, 5.41) is 0. The molecule has 2 rings (SSSR count). The van der Waals surface area contributed by atoms with Gasteiger partial charge in [0.25, 0.3) is 5.91 Å². The number of nitrogen functional groups attached to an aromatic ring is 1. The zero-order valence-electron chi connectivity index (χ0n) is 11.3. The predicted molar refractivity (Wildman–Crippen MR) is 82.1 cm³/mol. The van der Waals surface area contributed by atoms with Crippen molar-refractivity contribution in [1.82, 2.24) is 10.4 Å². The fourth-order valence-corrected chi connectivity index (χ4v) is 2.81. The lowest BCUT2D eigenvalue weighted by molar-refractivity contribution is 0.0948. The van der Waals surface area contributed by atoms with E-state index in [1.165, 1.54) is 11.1 Å². The van der Waals surface area contributed by atoms with E-state index in [-0.39, 0.29) is 5.91 Å². The normalized spacial score (nSPS) is 10.3. The van der Waals surface area contributed by atoms with Crippen molar-refractivity contribution in [2.24, 2.45) is 5.84 Å². The molecule has 2 aromatic rings. The highest BCUT2D eigenvalue weighted by atomic mass is 32.2. The number of nitrogens with two attached hydrogens (primary N) is 1. The minimum Gasteiger partial charge on any atom is -0.289 e. The first kappa shape index (κ1) is 14.6. The third kappa shape index (κ3) is 3.82. The number of hydrogen-bond acceptors (Lipinski definition) is 4. The highest BCUT2D eigenvalue weighted by Gasteiger charge is 2.06. The summed E-state index contributed by atoms with van der Waals surface area (Å²) in [4.78, 5) is 15.7. The van der Waals surface area contributed by atoms with Gasteiger partial charge in [0.05, 0.1) is 5.69 Å². The Morgan fingerprint density at radius 3 is 2.75 bits per heavy atom. The molecular weight excluding hydrogens is 270 g/mol. The van der Waals surface area contributed by atoms with Gasteiger partial charge in [0, 0.05) is 11.5 Å². The van der Waals surface area contributed by atoms with Gasteiger partial charge in [-0.2, -0.15) is 11.8 Å². The Balaban J connectivity index is 1.94. The van der Waals surface area contributed by atoms with Crippen LogP contribution in [0.15, 0.2) is 42.5 Å². The second-order valence-corrected chi connectivity index (χ2v) is 5.39. The van der Waals surface area contributed by atoms with Crippen molar-refractivity contribution in [3.8, 4) is 0 Å². The minimum atomic E-state index is -0.365. The Morgan fingerprint density at radius 1 is 1.20 bits per heavy atom. The Bertz CT molecular complexity index is 601. The Kier molecular flexibility index (Phi) is 5.15. The third-order valence-electron chi connectivity index (χ3n) is 2.94. The van der Waals surface area contributed by atoms with Crippen molar-refractivity contribution in [1.29, 1.82) is 0 Å². The molecule has 5 heteroatoms. The van der Waals surface area contributed by atoms with E-state index in [1.54, 1.807) is 17.8 Å². The van der Waals surface area contributed by atoms with E-state index in [0.29, 0.717) is 5.69 Å². The molecule has 0 aliphatic carbocycles. The van der Waals surface area contributed by atoms with Crippen LogP contribution in [-0.4, -0.2) is 10.9 Å². The van der Waals surface area contributed by atoms with Gasteiger partial charge >= 0.3 is 0 Å². The van der Waals surface area contributed by atoms with E-state index in [0.717, 1.165) is 17.2 Å². The van der Waals surface area contributed by atoms with E-state index in [1.807, 2.05) is 24.3 Å². The Hall–Kier alpha value is -1.85. The number of amides is 1. The largest absolute Gasteiger partial charge is 0.289 e. The third-order valence-corrected chi connectivity index (χ3v) is 3.95. The number of carbonyl (C=O) groups excluding carboxylic acids is 1. The van der Waals surface area contributed by atoms with Gasteiger partial charge < -0.3 is 0 Å². The second kappa shape index (κ2) is 7.07. The maximum atomic E-state index is 11.4. The summed E-state index contributed by atoms with van der Waals surface area (Å²) >= 11 is 1.78. The lowest BCUT2D eigenvalue weighted by Crippen LogP contribution is -2.30. The molecule has 0 aliphatic heterocycles. The lowest BCUT2D eigenvalue weighted by atomic mass is 10.1. The Morgan fingerprint density at radius 2 is 2.00 bits per heavy atom. The van der Waals surface area contributed by atoms with Crippen LogP contribution in [0.2, 0.25) is 0 Å². The van der Waals surface area contributed by atoms with Crippen molar-refractivity contribution < 1.29 is 4.79 Å². The number of benzene rings is 1. The fraction of sp³-hybridized carbons (Fsp3) is 0.200. The Labute approximate surface area is 122 Å². The molecule has 0 atom stereocenters. The number of thioether (sulfide) groups is 1. The first-order valence-corrected chi connectivity index (χ1v) is 7.45. The SMILES string of the molecule is Cc1ccccc1CSCc1cccc(C(=O)NN)n1. The van der Waals surface area contributed by atoms with Gasteiger partial charge in [0.1, 0.15) is 5.69 Å². The molecule has 1 aromatic heterocycles. The molecule has 1 aromatic carbocycles. The average molecular weight is 287 g/mol. The van der Waals surface area contributed by atoms with Gasteiger partial charge in [-0.15, -0.1) is 0 Å². The first-order chi connectivity index (χ1) is 9.70. The smallest absolute Gasteiger partial charge is 0.283 e. The molecule has 1 heterocycles. The maximum absolute atomic E-state index is 11.4. The summed E-state index contributed by atoms with van der Waals surface area (Å²) < 4.78 is 0. The van der Waals surface area contributed by atoms with Crippen LogP contribution in [0.5, 0.6) is 0 Å². The number of hydrogen-bond donors (Lipinski definition) is 2. The number of nitrogens with zero attached hydrogens (tertiary/aromatic N) is 1. The number of hydrazine groups is 1. The number of carbonyl (C=O) groups is 1. The topological polar surface area (TPSA) is 68.0 Å².